The van der Waals surface area contributed by atoms with Crippen LogP contribution in [-0.4, -0.2) is 137 Å². The highest BCUT2D eigenvalue weighted by Gasteiger charge is 2.20. The molecule has 2 fully saturated rings. The van der Waals surface area contributed by atoms with Crippen LogP contribution in [0.5, 0.6) is 0 Å². The number of nitrogens with one attached hydrogen (secondary N) is 2. The fraction of sp³-hybridized carbons (Fsp3) is 0.340. The van der Waals surface area contributed by atoms with E-state index in [2.05, 4.69) is 80.4 Å². The van der Waals surface area contributed by atoms with Crippen LogP contribution >= 0.6 is 61.1 Å². The van der Waals surface area contributed by atoms with Crippen molar-refractivity contribution in [3.8, 4) is 12.1 Å². The van der Waals surface area contributed by atoms with E-state index >= 15 is 0 Å². The van der Waals surface area contributed by atoms with Crippen molar-refractivity contribution < 1.29 is 19.8 Å². The summed E-state index contributed by atoms with van der Waals surface area (Å²) < 4.78 is 0. The van der Waals surface area contributed by atoms with Gasteiger partial charge in [-0.15, -0.1) is 0 Å². The number of rotatable bonds is 16. The van der Waals surface area contributed by atoms with E-state index in [4.69, 9.17) is 44.4 Å². The van der Waals surface area contributed by atoms with E-state index in [0.717, 1.165) is 101 Å². The van der Waals surface area contributed by atoms with E-state index in [0.29, 0.717) is 47.9 Å². The van der Waals surface area contributed by atoms with Crippen molar-refractivity contribution in [1.82, 2.24) is 14.8 Å². The molecule has 2 aliphatic rings. The molecule has 0 amide bonds. The normalized spacial score (nSPS) is 13.7. The Bertz CT molecular complexity index is 2590. The molecule has 0 aliphatic carbocycles. The number of carbonyl (C=O) groups excluding carboxylic acids is 2. The van der Waals surface area contributed by atoms with Crippen LogP contribution < -0.4 is 31.9 Å². The number of aliphatic hydroxyl groups is 2. The predicted octanol–water partition coefficient (Wildman–Crippen LogP) is 7.23. The van der Waals surface area contributed by atoms with E-state index in [1.165, 1.54) is 28.8 Å². The molecule has 16 nitrogen and oxygen atoms in total. The average Bonchev–Trinajstić information content (AvgIpc) is 3.76. The fourth-order valence-electron chi connectivity index (χ4n) is 7.36. The Labute approximate surface area is 441 Å². The Morgan fingerprint density at radius 1 is 0.803 bits per heavy atom. The number of aliphatic hydroxyl groups excluding tert-OH is 2. The molecule has 1 aromatic heterocycles. The van der Waals surface area contributed by atoms with Gasteiger partial charge in [-0.3, -0.25) is 19.4 Å². The van der Waals surface area contributed by atoms with Crippen LogP contribution in [0.2, 0.25) is 0 Å². The second-order valence-corrected chi connectivity index (χ2v) is 19.1. The van der Waals surface area contributed by atoms with Gasteiger partial charge in [-0.25, -0.2) is 4.98 Å². The fourth-order valence-corrected chi connectivity index (χ4v) is 9.28. The number of thiocarbonyl (C=S) groups is 1. The van der Waals surface area contributed by atoms with Crippen LogP contribution in [0.3, 0.4) is 0 Å². The Hall–Kier alpha value is -5.51. The largest absolute Gasteiger partial charge is 0.396 e. The molecule has 0 bridgehead atoms. The number of nitrogens with zero attached hydrogens (tertiary/aromatic N) is 8. The van der Waals surface area contributed by atoms with Gasteiger partial charge in [0.25, 0.3) is 0 Å². The summed E-state index contributed by atoms with van der Waals surface area (Å²) in [7, 11) is 0. The number of thiazole rings is 1. The molecule has 5 aromatic rings. The number of nitriles is 2. The quantitative estimate of drug-likeness (QED) is 0.0143. The maximum absolute atomic E-state index is 12.8. The third-order valence-corrected chi connectivity index (χ3v) is 13.4. The Morgan fingerprint density at radius 2 is 1.30 bits per heavy atom. The topological polar surface area (TPSA) is 236 Å². The Kier molecular flexibility index (Phi) is 25.4. The number of halogens is 1. The number of thioether (sulfide) groups is 1. The number of amidine groups is 1. The molecule has 4 aromatic carbocycles. The van der Waals surface area contributed by atoms with E-state index in [1.807, 2.05) is 43.3 Å². The Balaban J connectivity index is 0.000000254. The summed E-state index contributed by atoms with van der Waals surface area (Å²) in [6, 6.07) is 33.6. The molecule has 3 heterocycles. The Morgan fingerprint density at radius 3 is 1.77 bits per heavy atom. The molecule has 8 N–H and O–H groups in total. The number of nitrogen functional groups attached to an aromatic ring is 1. The van der Waals surface area contributed by atoms with E-state index in [9.17, 15) is 9.59 Å². The van der Waals surface area contributed by atoms with Gasteiger partial charge in [0.2, 0.25) is 5.78 Å². The van der Waals surface area contributed by atoms with Crippen LogP contribution in [0.25, 0.3) is 0 Å². The highest BCUT2D eigenvalue weighted by atomic mass is 79.9. The van der Waals surface area contributed by atoms with Gasteiger partial charge in [0.15, 0.2) is 21.2 Å². The summed E-state index contributed by atoms with van der Waals surface area (Å²) in [6.07, 6.45) is 1.67. The summed E-state index contributed by atoms with van der Waals surface area (Å²) in [5.74, 6) is 0.793. The second kappa shape index (κ2) is 31.1. The van der Waals surface area contributed by atoms with Crippen LogP contribution in [0.4, 0.5) is 33.7 Å². The van der Waals surface area contributed by atoms with E-state index in [1.54, 1.807) is 48.5 Å². The average molecular weight is 1100 g/mol. The lowest BCUT2D eigenvalue weighted by molar-refractivity contribution is 0.102. The highest BCUT2D eigenvalue weighted by Crippen LogP contribution is 2.31. The van der Waals surface area contributed by atoms with Gasteiger partial charge in [-0.05, 0) is 104 Å². The first-order valence-corrected chi connectivity index (χ1v) is 26.1. The maximum atomic E-state index is 12.8. The van der Waals surface area contributed by atoms with Crippen molar-refractivity contribution in [2.75, 3.05) is 116 Å². The number of Topliss-reactive ketones (excluding diaryl/α,β-unsaturated/α-hetero) is 1. The molecule has 21 heteroatoms. The smallest absolute Gasteiger partial charge is 0.206 e. The number of aliphatic imine (C=N–C) groups is 1. The van der Waals surface area contributed by atoms with E-state index < -0.39 is 0 Å². The number of alkyl halides is 1. The van der Waals surface area contributed by atoms with Crippen molar-refractivity contribution in [3.05, 3.63) is 124 Å². The molecular weight excluding hydrogens is 1040 g/mol. The van der Waals surface area contributed by atoms with Crippen LogP contribution in [0, 0.1) is 22.7 Å². The summed E-state index contributed by atoms with van der Waals surface area (Å²) >= 11 is 10.9. The zero-order chi connectivity index (χ0) is 50.3. The molecular formula is C50H62BrN12O4PS3. The molecule has 376 valence electrons. The zero-order valence-electron chi connectivity index (χ0n) is 39.8. The number of benzene rings is 4. The lowest BCUT2D eigenvalue weighted by Gasteiger charge is -2.36. The third kappa shape index (κ3) is 18.9. The SMILES string of the molecule is CCSC(N)=NC(=S)Nc1ccc(N2CCN(CCCO)CC2)cc1.N#Cc1cccc(C(=O)CBr)c1.N#Cc1cccc(C(=O)c2sc(Nc3ccc(N4CCN(CCCO)CC4)cc3)nc2N)c1.P. The van der Waals surface area contributed by atoms with Crippen LogP contribution in [0.1, 0.15) is 56.5 Å². The number of piperazine rings is 2. The molecule has 2 aliphatic heterocycles. The van der Waals surface area contributed by atoms with Crippen molar-refractivity contribution >= 4 is 117 Å². The van der Waals surface area contributed by atoms with Gasteiger partial charge in [-0.2, -0.15) is 25.4 Å². The molecule has 7 rings (SSSR count). The number of hydrogen-bond donors (Lipinski definition) is 6. The van der Waals surface area contributed by atoms with Gasteiger partial charge in [-0.1, -0.05) is 70.2 Å². The molecule has 1 unspecified atom stereocenters. The van der Waals surface area contributed by atoms with Gasteiger partial charge in [0.1, 0.15) is 10.7 Å². The molecule has 0 radical (unpaired) electrons. The maximum Gasteiger partial charge on any atom is 0.206 e. The van der Waals surface area contributed by atoms with Gasteiger partial charge < -0.3 is 42.1 Å². The van der Waals surface area contributed by atoms with Crippen LogP contribution in [-0.2, 0) is 0 Å². The lowest BCUT2D eigenvalue weighted by atomic mass is 10.1. The number of ketones is 2. The number of nitrogens with two attached hydrogens (primary N) is 2. The minimum atomic E-state index is -0.247. The number of aromatic nitrogens is 1. The predicted molar refractivity (Wildman–Crippen MR) is 304 cm³/mol. The van der Waals surface area contributed by atoms with E-state index in [-0.39, 0.29) is 40.5 Å². The van der Waals surface area contributed by atoms with Crippen molar-refractivity contribution in [2.24, 2.45) is 10.7 Å². The first-order valence-electron chi connectivity index (χ1n) is 22.8. The summed E-state index contributed by atoms with van der Waals surface area (Å²) in [5, 5.41) is 43.5. The minimum absolute atomic E-state index is 0. The summed E-state index contributed by atoms with van der Waals surface area (Å²) in [5.41, 5.74) is 17.9. The standard InChI is InChI=1S/C24H26N6O2S.C17H27N5OS2.C9H6BrNO.H3P/c25-16-17-3-1-4-18(15-17)21(32)22-23(26)28-24(33-22)27-19-5-7-20(8-6-19)30-12-10-29(11-13-30)9-2-14-31;1-2-25-16(18)20-17(24)19-14-4-6-15(7-5-14)22-11-9-21(10-12-22)8-3-13-23;10-5-9(12)8-3-1-2-7(4-8)6-11;/h1,3-8,15,31H,2,9-14,26H2,(H,27,28);4-7,23H,2-3,8-13H2,1H3,(H3,18,19,20,24);1-4H,5H2;1H3. The summed E-state index contributed by atoms with van der Waals surface area (Å²) in [6.45, 7) is 12.4. The molecule has 1 atom stereocenters. The monoisotopic (exact) mass is 1100 g/mol. The van der Waals surface area contributed by atoms with Gasteiger partial charge in [0, 0.05) is 113 Å². The number of carbonyl (C=O) groups is 2. The van der Waals surface area contributed by atoms with Crippen molar-refractivity contribution in [1.29, 1.82) is 10.5 Å². The van der Waals surface area contributed by atoms with Crippen molar-refractivity contribution in [3.63, 3.8) is 0 Å². The molecule has 0 spiro atoms. The highest BCUT2D eigenvalue weighted by molar-refractivity contribution is 9.09. The third-order valence-electron chi connectivity index (χ3n) is 11.0. The van der Waals surface area contributed by atoms with Gasteiger partial charge in [0.05, 0.1) is 28.6 Å². The molecule has 71 heavy (non-hydrogen) atoms. The first kappa shape index (κ1) is 58.1. The number of hydrogen-bond acceptors (Lipinski definition) is 16. The molecule has 0 saturated carbocycles. The first-order chi connectivity index (χ1) is 34.0. The van der Waals surface area contributed by atoms with Gasteiger partial charge >= 0.3 is 0 Å². The minimum Gasteiger partial charge on any atom is -0.396 e. The second-order valence-electron chi connectivity index (χ2n) is 15.8. The number of anilines is 6. The summed E-state index contributed by atoms with van der Waals surface area (Å²) in [4.78, 5) is 42.3. The van der Waals surface area contributed by atoms with Crippen LogP contribution in [0.15, 0.2) is 102 Å². The van der Waals surface area contributed by atoms with Crippen molar-refractivity contribution in [2.45, 2.75) is 19.8 Å². The zero-order valence-corrected chi connectivity index (χ0v) is 45.3. The lowest BCUT2D eigenvalue weighted by Crippen LogP contribution is -2.46. The molecule has 2 saturated heterocycles.